The lowest BCUT2D eigenvalue weighted by molar-refractivity contribution is -0.176. The monoisotopic (exact) mass is 190 g/mol. The van der Waals surface area contributed by atoms with Gasteiger partial charge in [-0.2, -0.15) is 0 Å². The minimum atomic E-state index is 0.930. The maximum absolute atomic E-state index is 2.49. The molecule has 5 unspecified atom stereocenters. The van der Waals surface area contributed by atoms with Crippen LogP contribution in [-0.2, 0) is 0 Å². The second kappa shape index (κ2) is 1.95. The molecule has 4 rings (SSSR count). The van der Waals surface area contributed by atoms with E-state index in [0.29, 0.717) is 0 Å². The Morgan fingerprint density at radius 2 is 2.21 bits per heavy atom. The molecule has 0 N–H and O–H groups in total. The summed E-state index contributed by atoms with van der Waals surface area (Å²) in [6.45, 7) is 4.83. The molecule has 0 aromatic rings. The molecule has 0 aromatic carbocycles. The van der Waals surface area contributed by atoms with Crippen LogP contribution in [0.4, 0.5) is 0 Å². The molecule has 0 saturated heterocycles. The van der Waals surface area contributed by atoms with E-state index >= 15 is 0 Å². The van der Waals surface area contributed by atoms with Crippen molar-refractivity contribution in [3.8, 4) is 0 Å². The van der Waals surface area contributed by atoms with Gasteiger partial charge in [0.15, 0.2) is 0 Å². The zero-order chi connectivity index (χ0) is 9.60. The quantitative estimate of drug-likeness (QED) is 0.628. The smallest absolute Gasteiger partial charge is 0.0147 e. The van der Waals surface area contributed by atoms with E-state index in [-0.39, 0.29) is 0 Å². The molecule has 4 aliphatic rings. The Morgan fingerprint density at radius 3 is 2.57 bits per heavy atom. The van der Waals surface area contributed by atoms with Gasteiger partial charge in [0.25, 0.3) is 0 Å². The highest BCUT2D eigenvalue weighted by Gasteiger charge is 3.01. The third-order valence-electron chi connectivity index (χ3n) is 6.75. The predicted octanol–water partition coefficient (Wildman–Crippen LogP) is 4.00. The second-order valence-corrected chi connectivity index (χ2v) is 6.94. The van der Waals surface area contributed by atoms with Crippen LogP contribution in [0.2, 0.25) is 0 Å². The van der Waals surface area contributed by atoms with Crippen molar-refractivity contribution in [3.05, 3.63) is 0 Å². The van der Waals surface area contributed by atoms with Crippen molar-refractivity contribution >= 4 is 0 Å². The van der Waals surface area contributed by atoms with Gasteiger partial charge in [-0.25, -0.2) is 0 Å². The molecular formula is C14H22. The van der Waals surface area contributed by atoms with Gasteiger partial charge in [0.1, 0.15) is 0 Å². The Labute approximate surface area is 87.5 Å². The van der Waals surface area contributed by atoms with Crippen LogP contribution in [0.5, 0.6) is 0 Å². The maximum Gasteiger partial charge on any atom is -0.0147 e. The lowest BCUT2D eigenvalue weighted by Crippen LogP contribution is -2.58. The van der Waals surface area contributed by atoms with Crippen LogP contribution >= 0.6 is 0 Å². The molecule has 0 nitrogen and oxygen atoms in total. The van der Waals surface area contributed by atoms with Crippen molar-refractivity contribution in [2.45, 2.75) is 58.8 Å². The summed E-state index contributed by atoms with van der Waals surface area (Å²) in [5, 5.41) is 0. The molecular weight excluding hydrogens is 168 g/mol. The molecule has 0 radical (unpaired) electrons. The van der Waals surface area contributed by atoms with E-state index < -0.39 is 0 Å². The zero-order valence-electron chi connectivity index (χ0n) is 9.60. The first-order valence-corrected chi connectivity index (χ1v) is 6.71. The highest BCUT2D eigenvalue weighted by atomic mass is 15.0. The Hall–Kier alpha value is 0. The number of fused-ring (bicyclic) bond motifs is 1. The Kier molecular flexibility index (Phi) is 1.14. The Bertz CT molecular complexity index is 307. The number of rotatable bonds is 4. The largest absolute Gasteiger partial charge is 0.0654 e. The van der Waals surface area contributed by atoms with E-state index in [0.717, 1.165) is 22.2 Å². The van der Waals surface area contributed by atoms with E-state index in [2.05, 4.69) is 13.8 Å². The van der Waals surface area contributed by atoms with E-state index in [9.17, 15) is 0 Å². The van der Waals surface area contributed by atoms with Crippen molar-refractivity contribution in [1.82, 2.24) is 0 Å². The van der Waals surface area contributed by atoms with Crippen molar-refractivity contribution in [1.29, 1.82) is 0 Å². The summed E-state index contributed by atoms with van der Waals surface area (Å²) in [7, 11) is 0. The van der Waals surface area contributed by atoms with Crippen molar-refractivity contribution in [2.24, 2.45) is 28.1 Å². The Balaban J connectivity index is 1.50. The molecule has 5 atom stereocenters. The molecule has 0 aromatic heterocycles. The van der Waals surface area contributed by atoms with Crippen molar-refractivity contribution in [2.75, 3.05) is 0 Å². The second-order valence-electron chi connectivity index (χ2n) is 6.94. The minimum Gasteiger partial charge on any atom is -0.0654 e. The summed E-state index contributed by atoms with van der Waals surface area (Å²) in [5.74, 6) is 2.24. The third-order valence-corrected chi connectivity index (χ3v) is 6.75. The van der Waals surface area contributed by atoms with Crippen molar-refractivity contribution in [3.63, 3.8) is 0 Å². The summed E-state index contributed by atoms with van der Waals surface area (Å²) < 4.78 is 0. The zero-order valence-corrected chi connectivity index (χ0v) is 9.60. The maximum atomic E-state index is 2.49. The first-order valence-electron chi connectivity index (χ1n) is 6.71. The predicted molar refractivity (Wildman–Crippen MR) is 57.9 cm³/mol. The van der Waals surface area contributed by atoms with E-state index in [1.165, 1.54) is 18.8 Å². The van der Waals surface area contributed by atoms with Crippen LogP contribution < -0.4 is 0 Å². The van der Waals surface area contributed by atoms with Gasteiger partial charge < -0.3 is 0 Å². The minimum absolute atomic E-state index is 0.930. The van der Waals surface area contributed by atoms with Crippen LogP contribution in [0.15, 0.2) is 0 Å². The van der Waals surface area contributed by atoms with Crippen LogP contribution in [-0.4, -0.2) is 0 Å². The molecule has 1 spiro atoms. The van der Waals surface area contributed by atoms with Gasteiger partial charge in [-0.1, -0.05) is 26.7 Å². The van der Waals surface area contributed by atoms with E-state index in [1.54, 1.807) is 32.1 Å². The van der Waals surface area contributed by atoms with Gasteiger partial charge in [0.2, 0.25) is 0 Å². The summed E-state index contributed by atoms with van der Waals surface area (Å²) >= 11 is 0. The molecule has 0 aliphatic heterocycles. The Morgan fingerprint density at radius 1 is 1.36 bits per heavy atom. The fraction of sp³-hybridized carbons (Fsp3) is 1.00. The summed E-state index contributed by atoms with van der Waals surface area (Å²) in [6.07, 6.45) is 11.0. The van der Waals surface area contributed by atoms with Crippen LogP contribution in [0.1, 0.15) is 58.8 Å². The van der Waals surface area contributed by atoms with Gasteiger partial charge in [-0.15, -0.1) is 0 Å². The van der Waals surface area contributed by atoms with Gasteiger partial charge in [0.05, 0.1) is 0 Å². The molecule has 4 fully saturated rings. The standard InChI is InChI=1S/C14H22/c1-3-4-10(2)7-13-9-12-5-6-14(12,13)11(13)8-12/h10-11H,3-9H2,1-2H3. The third kappa shape index (κ3) is 0.498. The summed E-state index contributed by atoms with van der Waals surface area (Å²) in [4.78, 5) is 0. The lowest BCUT2D eigenvalue weighted by atomic mass is 9.38. The molecule has 4 aliphatic carbocycles. The molecule has 78 valence electrons. The van der Waals surface area contributed by atoms with Crippen molar-refractivity contribution < 1.29 is 0 Å². The van der Waals surface area contributed by atoms with Crippen LogP contribution in [0.25, 0.3) is 0 Å². The van der Waals surface area contributed by atoms with Gasteiger partial charge in [-0.3, -0.25) is 0 Å². The van der Waals surface area contributed by atoms with E-state index in [4.69, 9.17) is 0 Å². The van der Waals surface area contributed by atoms with E-state index in [1.807, 2.05) is 0 Å². The number of hydrogen-bond donors (Lipinski definition) is 0. The highest BCUT2D eigenvalue weighted by molar-refractivity contribution is 5.49. The summed E-state index contributed by atoms with van der Waals surface area (Å²) in [6, 6.07) is 0. The SMILES string of the molecule is CCCC(C)CC12CC34CCC31C2C4. The molecule has 0 heteroatoms. The van der Waals surface area contributed by atoms with Gasteiger partial charge in [-0.05, 0) is 60.2 Å². The molecule has 4 saturated carbocycles. The lowest BCUT2D eigenvalue weighted by Gasteiger charge is -2.66. The average molecular weight is 190 g/mol. The highest BCUT2D eigenvalue weighted by Crippen LogP contribution is 3.07. The normalized spacial score (nSPS) is 62.6. The molecule has 14 heavy (non-hydrogen) atoms. The number of hydrogen-bond acceptors (Lipinski definition) is 0. The van der Waals surface area contributed by atoms with Gasteiger partial charge >= 0.3 is 0 Å². The van der Waals surface area contributed by atoms with Crippen LogP contribution in [0, 0.1) is 28.1 Å². The fourth-order valence-electron chi connectivity index (χ4n) is 6.45. The molecule has 0 heterocycles. The first-order chi connectivity index (χ1) is 6.71. The van der Waals surface area contributed by atoms with Crippen LogP contribution in [0.3, 0.4) is 0 Å². The topological polar surface area (TPSA) is 0 Å². The fourth-order valence-corrected chi connectivity index (χ4v) is 6.45. The molecule has 0 bridgehead atoms. The first kappa shape index (κ1) is 8.19. The average Bonchev–Trinajstić information content (AvgIpc) is 2.41. The van der Waals surface area contributed by atoms with Gasteiger partial charge in [0, 0.05) is 0 Å². The summed E-state index contributed by atoms with van der Waals surface area (Å²) in [5.41, 5.74) is 2.88. The molecule has 0 amide bonds.